The van der Waals surface area contributed by atoms with Crippen molar-refractivity contribution in [1.29, 1.82) is 0 Å². The lowest BCUT2D eigenvalue weighted by Crippen LogP contribution is -1.98. The summed E-state index contributed by atoms with van der Waals surface area (Å²) in [5.74, 6) is -0.954. The molecule has 0 fully saturated rings. The van der Waals surface area contributed by atoms with Crippen LogP contribution in [0.4, 0.5) is 0 Å². The van der Waals surface area contributed by atoms with Gasteiger partial charge in [0, 0.05) is 18.0 Å². The largest absolute Gasteiger partial charge is 0.477 e. The molecule has 0 aliphatic rings. The van der Waals surface area contributed by atoms with Gasteiger partial charge in [0.05, 0.1) is 0 Å². The van der Waals surface area contributed by atoms with E-state index >= 15 is 0 Å². The second-order valence-corrected chi connectivity index (χ2v) is 3.25. The van der Waals surface area contributed by atoms with Gasteiger partial charge in [-0.05, 0) is 37.8 Å². The third-order valence-corrected chi connectivity index (χ3v) is 2.34. The molecular weight excluding hydrogens is 228 g/mol. The van der Waals surface area contributed by atoms with E-state index < -0.39 is 5.97 Å². The van der Waals surface area contributed by atoms with Gasteiger partial charge in [0.15, 0.2) is 0 Å². The number of nitrogens with zero attached hydrogens (tertiary/aromatic N) is 1. The number of carbonyl (C=O) groups is 1. The van der Waals surface area contributed by atoms with Crippen molar-refractivity contribution in [3.63, 3.8) is 0 Å². The van der Waals surface area contributed by atoms with Crippen LogP contribution in [0.1, 0.15) is 42.4 Å². The summed E-state index contributed by atoms with van der Waals surface area (Å²) in [5.41, 5.74) is 2.71. The molecule has 0 aromatic carbocycles. The Morgan fingerprint density at radius 1 is 1.50 bits per heavy atom. The van der Waals surface area contributed by atoms with Gasteiger partial charge in [0.25, 0.3) is 0 Å². The molecular formula is C14H20N2O2. The fourth-order valence-electron chi connectivity index (χ4n) is 1.49. The van der Waals surface area contributed by atoms with Gasteiger partial charge in [-0.15, -0.1) is 0 Å². The highest BCUT2D eigenvalue weighted by atomic mass is 16.4. The monoisotopic (exact) mass is 248 g/mol. The summed E-state index contributed by atoms with van der Waals surface area (Å²) in [4.78, 5) is 17.2. The van der Waals surface area contributed by atoms with Crippen molar-refractivity contribution >= 4 is 18.3 Å². The Hall–Kier alpha value is -2.10. The fraction of sp³-hybridized carbons (Fsp3) is 0.286. The molecule has 4 nitrogen and oxygen atoms in total. The maximum atomic E-state index is 10.9. The molecule has 1 aromatic heterocycles. The number of hydrogen-bond acceptors (Lipinski definition) is 2. The molecule has 0 spiro atoms. The van der Waals surface area contributed by atoms with Gasteiger partial charge >= 0.3 is 5.97 Å². The number of aliphatic imine (C=N–C) groups is 1. The van der Waals surface area contributed by atoms with Crippen LogP contribution in [0.15, 0.2) is 29.5 Å². The first-order valence-electron chi connectivity index (χ1n) is 5.82. The summed E-state index contributed by atoms with van der Waals surface area (Å²) in [7, 11) is 0. The Morgan fingerprint density at radius 2 is 2.11 bits per heavy atom. The summed E-state index contributed by atoms with van der Waals surface area (Å²) >= 11 is 0. The maximum Gasteiger partial charge on any atom is 0.352 e. The normalized spacial score (nSPS) is 11.0. The Morgan fingerprint density at radius 3 is 2.50 bits per heavy atom. The number of carboxylic acid groups (broad SMARTS) is 1. The molecule has 2 N–H and O–H groups in total. The molecule has 0 aliphatic carbocycles. The molecule has 18 heavy (non-hydrogen) atoms. The van der Waals surface area contributed by atoms with Gasteiger partial charge in [-0.25, -0.2) is 4.79 Å². The molecule has 1 aromatic rings. The van der Waals surface area contributed by atoms with Gasteiger partial charge < -0.3 is 10.1 Å². The lowest BCUT2D eigenvalue weighted by atomic mass is 10.0. The minimum atomic E-state index is -0.954. The van der Waals surface area contributed by atoms with Gasteiger partial charge in [-0.2, -0.15) is 0 Å². The smallest absolute Gasteiger partial charge is 0.352 e. The number of aromatic amines is 1. The van der Waals surface area contributed by atoms with Crippen LogP contribution in [0.5, 0.6) is 0 Å². The summed E-state index contributed by atoms with van der Waals surface area (Å²) in [5, 5.41) is 8.91. The lowest BCUT2D eigenvalue weighted by molar-refractivity contribution is 0.0690. The molecule has 1 rings (SSSR count). The fourth-order valence-corrected chi connectivity index (χ4v) is 1.49. The molecule has 0 atom stereocenters. The SMILES string of the molecule is C=N/C=C\C(=C/C)c1c[nH]c(C(=O)O)c1C.CC. The first-order chi connectivity index (χ1) is 8.61. The third-order valence-electron chi connectivity index (χ3n) is 2.34. The van der Waals surface area contributed by atoms with Crippen molar-refractivity contribution in [3.05, 3.63) is 41.4 Å². The number of carboxylic acids is 1. The predicted octanol–water partition coefficient (Wildman–Crippen LogP) is 3.67. The quantitative estimate of drug-likeness (QED) is 0.630. The van der Waals surface area contributed by atoms with Gasteiger partial charge in [-0.3, -0.25) is 4.99 Å². The molecule has 0 radical (unpaired) electrons. The van der Waals surface area contributed by atoms with Crippen LogP contribution < -0.4 is 0 Å². The van der Waals surface area contributed by atoms with E-state index in [4.69, 9.17) is 5.11 Å². The second-order valence-electron chi connectivity index (χ2n) is 3.25. The molecule has 0 aliphatic heterocycles. The van der Waals surface area contributed by atoms with Crippen LogP contribution in [-0.2, 0) is 0 Å². The van der Waals surface area contributed by atoms with Crippen LogP contribution in [0, 0.1) is 6.92 Å². The Labute approximate surface area is 108 Å². The predicted molar refractivity (Wildman–Crippen MR) is 76.2 cm³/mol. The van der Waals surface area contributed by atoms with Crippen molar-refractivity contribution in [3.8, 4) is 0 Å². The van der Waals surface area contributed by atoms with Crippen LogP contribution in [0.3, 0.4) is 0 Å². The number of rotatable bonds is 4. The van der Waals surface area contributed by atoms with Crippen LogP contribution in [0.2, 0.25) is 0 Å². The van der Waals surface area contributed by atoms with E-state index in [2.05, 4.69) is 16.7 Å². The van der Waals surface area contributed by atoms with Crippen molar-refractivity contribution in [2.24, 2.45) is 4.99 Å². The minimum absolute atomic E-state index is 0.217. The summed E-state index contributed by atoms with van der Waals surface area (Å²) in [6.45, 7) is 11.0. The highest BCUT2D eigenvalue weighted by Gasteiger charge is 2.13. The zero-order valence-electron chi connectivity index (χ0n) is 11.3. The van der Waals surface area contributed by atoms with Gasteiger partial charge in [0.1, 0.15) is 5.69 Å². The Kier molecular flexibility index (Phi) is 7.12. The highest BCUT2D eigenvalue weighted by Crippen LogP contribution is 2.22. The summed E-state index contributed by atoms with van der Waals surface area (Å²) in [6, 6.07) is 0. The van der Waals surface area contributed by atoms with Crippen LogP contribution in [-0.4, -0.2) is 22.8 Å². The van der Waals surface area contributed by atoms with Gasteiger partial charge in [-0.1, -0.05) is 19.9 Å². The van der Waals surface area contributed by atoms with Crippen molar-refractivity contribution in [2.75, 3.05) is 0 Å². The number of H-pyrrole nitrogens is 1. The molecule has 4 heteroatoms. The molecule has 0 amide bonds. The van der Waals surface area contributed by atoms with E-state index in [0.29, 0.717) is 5.56 Å². The third kappa shape index (κ3) is 3.73. The minimum Gasteiger partial charge on any atom is -0.477 e. The van der Waals surface area contributed by atoms with Crippen molar-refractivity contribution < 1.29 is 9.90 Å². The molecule has 0 unspecified atom stereocenters. The zero-order chi connectivity index (χ0) is 14.1. The van der Waals surface area contributed by atoms with Crippen molar-refractivity contribution in [1.82, 2.24) is 4.98 Å². The molecule has 0 saturated carbocycles. The first-order valence-corrected chi connectivity index (χ1v) is 5.82. The average molecular weight is 248 g/mol. The standard InChI is InChI=1S/C12H14N2O2.C2H6/c1-4-9(5-6-13-3)10-7-14-11(8(10)2)12(15)16;1-2/h4-7,14H,3H2,1-2H3,(H,15,16);1-2H3/b6-5-,9-4+;. The van der Waals surface area contributed by atoms with E-state index in [1.54, 1.807) is 25.4 Å². The number of hydrogen-bond donors (Lipinski definition) is 2. The second kappa shape index (κ2) is 8.06. The van der Waals surface area contributed by atoms with E-state index in [1.807, 2.05) is 26.8 Å². The van der Waals surface area contributed by atoms with Crippen LogP contribution in [0.25, 0.3) is 5.57 Å². The maximum absolute atomic E-state index is 10.9. The van der Waals surface area contributed by atoms with Crippen LogP contribution >= 0.6 is 0 Å². The van der Waals surface area contributed by atoms with Crippen molar-refractivity contribution in [2.45, 2.75) is 27.7 Å². The van der Waals surface area contributed by atoms with E-state index in [-0.39, 0.29) is 5.69 Å². The number of allylic oxidation sites excluding steroid dienone is 3. The number of aromatic nitrogens is 1. The Bertz CT molecular complexity index is 468. The molecule has 1 heterocycles. The molecule has 0 saturated heterocycles. The van der Waals surface area contributed by atoms with E-state index in [9.17, 15) is 4.79 Å². The summed E-state index contributed by atoms with van der Waals surface area (Å²) in [6.07, 6.45) is 6.93. The molecule has 0 bridgehead atoms. The first kappa shape index (κ1) is 15.9. The average Bonchev–Trinajstić information content (AvgIpc) is 2.75. The van der Waals surface area contributed by atoms with E-state index in [0.717, 1.165) is 11.1 Å². The summed E-state index contributed by atoms with van der Waals surface area (Å²) < 4.78 is 0. The highest BCUT2D eigenvalue weighted by molar-refractivity contribution is 5.90. The molecule has 98 valence electrons. The number of nitrogens with one attached hydrogen (secondary N) is 1. The Balaban J connectivity index is 0.00000137. The van der Waals surface area contributed by atoms with E-state index in [1.165, 1.54) is 0 Å². The van der Waals surface area contributed by atoms with Gasteiger partial charge in [0.2, 0.25) is 0 Å². The zero-order valence-corrected chi connectivity index (χ0v) is 11.3. The lowest BCUT2D eigenvalue weighted by Gasteiger charge is -2.00. The number of aromatic carboxylic acids is 1. The topological polar surface area (TPSA) is 65.5 Å².